The lowest BCUT2D eigenvalue weighted by molar-refractivity contribution is -0.127. The molecule has 0 aliphatic rings. The Bertz CT molecular complexity index is 1120. The molecule has 4 rings (SSSR count). The van der Waals surface area contributed by atoms with Crippen molar-refractivity contribution in [2.45, 2.75) is 32.1 Å². The largest absolute Gasteiger partial charge is 0.338 e. The molecule has 0 radical (unpaired) electrons. The van der Waals surface area contributed by atoms with Crippen LogP contribution in [0, 0.1) is 5.92 Å². The van der Waals surface area contributed by atoms with Crippen LogP contribution in [0.3, 0.4) is 0 Å². The van der Waals surface area contributed by atoms with Crippen molar-refractivity contribution in [1.29, 1.82) is 0 Å². The molecule has 2 aromatic heterocycles. The summed E-state index contributed by atoms with van der Waals surface area (Å²) in [6.07, 6.45) is 0. The molecule has 0 atom stereocenters. The summed E-state index contributed by atoms with van der Waals surface area (Å²) < 4.78 is 3.38. The van der Waals surface area contributed by atoms with Crippen molar-refractivity contribution in [2.24, 2.45) is 5.92 Å². The quantitative estimate of drug-likeness (QED) is 0.390. The summed E-state index contributed by atoms with van der Waals surface area (Å²) in [5, 5.41) is 1.86. The minimum absolute atomic E-state index is 0.0809. The smallest absolute Gasteiger partial charge is 0.233 e. The van der Waals surface area contributed by atoms with Crippen LogP contribution in [0.2, 0.25) is 0 Å². The van der Waals surface area contributed by atoms with E-state index in [-0.39, 0.29) is 5.91 Å². The summed E-state index contributed by atoms with van der Waals surface area (Å²) in [6.45, 7) is 5.81. The molecule has 150 valence electrons. The lowest BCUT2D eigenvalue weighted by Gasteiger charge is -2.16. The van der Waals surface area contributed by atoms with Crippen molar-refractivity contribution in [3.8, 4) is 0 Å². The van der Waals surface area contributed by atoms with E-state index in [9.17, 15) is 4.79 Å². The molecule has 0 bridgehead atoms. The number of benzene rings is 2. The Balaban J connectivity index is 1.44. The number of thioether (sulfide) groups is 1. The molecule has 0 saturated heterocycles. The van der Waals surface area contributed by atoms with E-state index in [0.29, 0.717) is 18.2 Å². The van der Waals surface area contributed by atoms with Crippen LogP contribution in [0.25, 0.3) is 21.3 Å². The molecule has 1 amide bonds. The second-order valence-corrected chi connectivity index (χ2v) is 9.56. The molecular formula is C22H24N4OS2. The van der Waals surface area contributed by atoms with Crippen molar-refractivity contribution >= 4 is 50.3 Å². The van der Waals surface area contributed by atoms with Crippen LogP contribution >= 0.6 is 23.1 Å². The van der Waals surface area contributed by atoms with Crippen molar-refractivity contribution in [3.63, 3.8) is 0 Å². The van der Waals surface area contributed by atoms with Gasteiger partial charge in [0.05, 0.1) is 33.5 Å². The first-order valence-electron chi connectivity index (χ1n) is 9.67. The Labute approximate surface area is 178 Å². The van der Waals surface area contributed by atoms with Gasteiger partial charge in [-0.15, -0.1) is 11.3 Å². The second-order valence-electron chi connectivity index (χ2n) is 7.50. The normalized spacial score (nSPS) is 11.6. The Morgan fingerprint density at radius 3 is 2.59 bits per heavy atom. The SMILES string of the molecule is CC(C)Cn1c(SCC(=O)N(C)Cc2nc3ccccc3s2)nc2ccccc21. The molecule has 7 heteroatoms. The summed E-state index contributed by atoms with van der Waals surface area (Å²) >= 11 is 3.15. The number of hydrogen-bond acceptors (Lipinski definition) is 5. The maximum absolute atomic E-state index is 12.7. The van der Waals surface area contributed by atoms with Gasteiger partial charge in [0, 0.05) is 13.6 Å². The van der Waals surface area contributed by atoms with Gasteiger partial charge in [0.25, 0.3) is 0 Å². The van der Waals surface area contributed by atoms with Crippen LogP contribution in [0.1, 0.15) is 18.9 Å². The molecule has 4 aromatic rings. The fourth-order valence-corrected chi connectivity index (χ4v) is 5.21. The van der Waals surface area contributed by atoms with E-state index >= 15 is 0 Å². The molecule has 2 heterocycles. The van der Waals surface area contributed by atoms with Gasteiger partial charge >= 0.3 is 0 Å². The predicted octanol–water partition coefficient (Wildman–Crippen LogP) is 5.05. The number of aromatic nitrogens is 3. The number of hydrogen-bond donors (Lipinski definition) is 0. The summed E-state index contributed by atoms with van der Waals surface area (Å²) in [4.78, 5) is 23.9. The fraction of sp³-hybridized carbons (Fsp3) is 0.318. The first-order chi connectivity index (χ1) is 14.0. The molecule has 5 nitrogen and oxygen atoms in total. The van der Waals surface area contributed by atoms with Gasteiger partial charge in [0.15, 0.2) is 5.16 Å². The van der Waals surface area contributed by atoms with Crippen molar-refractivity contribution in [3.05, 3.63) is 53.5 Å². The highest BCUT2D eigenvalue weighted by atomic mass is 32.2. The average molecular weight is 425 g/mol. The van der Waals surface area contributed by atoms with E-state index in [4.69, 9.17) is 4.98 Å². The Kier molecular flexibility index (Phi) is 5.87. The van der Waals surface area contributed by atoms with Gasteiger partial charge in [-0.25, -0.2) is 9.97 Å². The van der Waals surface area contributed by atoms with Crippen LogP contribution < -0.4 is 0 Å². The van der Waals surface area contributed by atoms with Gasteiger partial charge in [0.2, 0.25) is 5.91 Å². The van der Waals surface area contributed by atoms with E-state index in [2.05, 4.69) is 35.5 Å². The Hall–Kier alpha value is -2.38. The standard InChI is InChI=1S/C22H24N4OS2/c1-15(2)12-26-18-10-6-4-8-16(18)24-22(26)28-14-21(27)25(3)13-20-23-17-9-5-7-11-19(17)29-20/h4-11,15H,12-14H2,1-3H3. The van der Waals surface area contributed by atoms with E-state index in [1.54, 1.807) is 16.2 Å². The first kappa shape index (κ1) is 19.9. The summed E-state index contributed by atoms with van der Waals surface area (Å²) in [5.41, 5.74) is 3.09. The van der Waals surface area contributed by atoms with Gasteiger partial charge in [0.1, 0.15) is 5.01 Å². The highest BCUT2D eigenvalue weighted by Gasteiger charge is 2.17. The van der Waals surface area contributed by atoms with E-state index in [1.807, 2.05) is 43.4 Å². The molecule has 0 spiro atoms. The minimum atomic E-state index is 0.0809. The maximum atomic E-state index is 12.7. The van der Waals surface area contributed by atoms with Crippen molar-refractivity contribution in [2.75, 3.05) is 12.8 Å². The number of amides is 1. The maximum Gasteiger partial charge on any atom is 0.233 e. The molecule has 0 unspecified atom stereocenters. The molecule has 0 saturated carbocycles. The number of carbonyl (C=O) groups excluding carboxylic acids is 1. The second kappa shape index (κ2) is 8.55. The highest BCUT2D eigenvalue weighted by Crippen LogP contribution is 2.26. The number of fused-ring (bicyclic) bond motifs is 2. The number of rotatable bonds is 7. The lowest BCUT2D eigenvalue weighted by Crippen LogP contribution is -2.27. The topological polar surface area (TPSA) is 51.0 Å². The number of thiazole rings is 1. The van der Waals surface area contributed by atoms with Gasteiger partial charge in [-0.1, -0.05) is 49.9 Å². The first-order valence-corrected chi connectivity index (χ1v) is 11.5. The molecule has 0 fully saturated rings. The van der Waals surface area contributed by atoms with Crippen molar-refractivity contribution in [1.82, 2.24) is 19.4 Å². The van der Waals surface area contributed by atoms with Gasteiger partial charge < -0.3 is 9.47 Å². The monoisotopic (exact) mass is 424 g/mol. The lowest BCUT2D eigenvalue weighted by atomic mass is 10.2. The molecule has 0 aliphatic carbocycles. The number of nitrogens with zero attached hydrogens (tertiary/aromatic N) is 4. The zero-order chi connectivity index (χ0) is 20.4. The van der Waals surface area contributed by atoms with Crippen LogP contribution in [-0.4, -0.2) is 38.1 Å². The van der Waals surface area contributed by atoms with Crippen molar-refractivity contribution < 1.29 is 4.79 Å². The van der Waals surface area contributed by atoms with Crippen LogP contribution in [0.5, 0.6) is 0 Å². The molecule has 0 N–H and O–H groups in total. The highest BCUT2D eigenvalue weighted by molar-refractivity contribution is 7.99. The van der Waals surface area contributed by atoms with Crippen LogP contribution in [0.15, 0.2) is 53.7 Å². The Morgan fingerprint density at radius 2 is 1.83 bits per heavy atom. The third-order valence-electron chi connectivity index (χ3n) is 4.63. The van der Waals surface area contributed by atoms with E-state index in [1.165, 1.54) is 11.8 Å². The Morgan fingerprint density at radius 1 is 1.10 bits per heavy atom. The minimum Gasteiger partial charge on any atom is -0.338 e. The molecular weight excluding hydrogens is 400 g/mol. The predicted molar refractivity (Wildman–Crippen MR) is 121 cm³/mol. The third-order valence-corrected chi connectivity index (χ3v) is 6.61. The zero-order valence-electron chi connectivity index (χ0n) is 16.8. The van der Waals surface area contributed by atoms with Gasteiger partial charge in [-0.2, -0.15) is 0 Å². The molecule has 0 aliphatic heterocycles. The van der Waals surface area contributed by atoms with E-state index < -0.39 is 0 Å². The number of carbonyl (C=O) groups is 1. The fourth-order valence-electron chi connectivity index (χ4n) is 3.22. The van der Waals surface area contributed by atoms with Crippen LogP contribution in [-0.2, 0) is 17.9 Å². The number of para-hydroxylation sites is 3. The van der Waals surface area contributed by atoms with Crippen LogP contribution in [0.4, 0.5) is 0 Å². The van der Waals surface area contributed by atoms with Gasteiger partial charge in [-0.05, 0) is 30.2 Å². The third kappa shape index (κ3) is 4.46. The summed E-state index contributed by atoms with van der Waals surface area (Å²) in [6, 6.07) is 16.2. The number of imidazole rings is 1. The molecule has 2 aromatic carbocycles. The zero-order valence-corrected chi connectivity index (χ0v) is 18.5. The van der Waals surface area contributed by atoms with E-state index in [0.717, 1.165) is 38.0 Å². The molecule has 29 heavy (non-hydrogen) atoms. The summed E-state index contributed by atoms with van der Waals surface area (Å²) in [5.74, 6) is 0.949. The van der Waals surface area contributed by atoms with Gasteiger partial charge in [-0.3, -0.25) is 4.79 Å². The average Bonchev–Trinajstić information content (AvgIpc) is 3.26. The summed E-state index contributed by atoms with van der Waals surface area (Å²) in [7, 11) is 1.84.